The number of aromatic nitrogens is 3. The summed E-state index contributed by atoms with van der Waals surface area (Å²) in [4.78, 5) is 21.0. The van der Waals surface area contributed by atoms with Gasteiger partial charge in [0.25, 0.3) is 5.91 Å². The molecule has 1 aliphatic carbocycles. The largest absolute Gasteiger partial charge is 0.474 e. The summed E-state index contributed by atoms with van der Waals surface area (Å²) in [6.45, 7) is 1.81. The second kappa shape index (κ2) is 7.97. The van der Waals surface area contributed by atoms with Crippen LogP contribution in [0.4, 0.5) is 13.2 Å². The molecule has 4 rings (SSSR count). The van der Waals surface area contributed by atoms with E-state index >= 15 is 0 Å². The Morgan fingerprint density at radius 3 is 2.60 bits per heavy atom. The van der Waals surface area contributed by atoms with E-state index in [0.29, 0.717) is 37.1 Å². The fraction of sp³-hybridized carbons (Fsp3) is 0.381. The lowest BCUT2D eigenvalue weighted by molar-refractivity contribution is -0.137. The van der Waals surface area contributed by atoms with Crippen molar-refractivity contribution in [2.24, 2.45) is 0 Å². The molecule has 3 heterocycles. The molecule has 0 aliphatic heterocycles. The van der Waals surface area contributed by atoms with Gasteiger partial charge in [-0.1, -0.05) is 6.07 Å². The first kappa shape index (κ1) is 20.2. The van der Waals surface area contributed by atoms with Gasteiger partial charge in [0.2, 0.25) is 5.88 Å². The average Bonchev–Trinajstić information content (AvgIpc) is 3.05. The third kappa shape index (κ3) is 4.24. The Kier molecular flexibility index (Phi) is 5.36. The van der Waals surface area contributed by atoms with Gasteiger partial charge in [0.05, 0.1) is 11.3 Å². The Labute approximate surface area is 171 Å². The van der Waals surface area contributed by atoms with E-state index in [0.717, 1.165) is 17.9 Å². The van der Waals surface area contributed by atoms with E-state index in [1.54, 1.807) is 4.40 Å². The highest BCUT2D eigenvalue weighted by molar-refractivity contribution is 5.94. The lowest BCUT2D eigenvalue weighted by Gasteiger charge is -2.29. The Bertz CT molecular complexity index is 1040. The van der Waals surface area contributed by atoms with Crippen LogP contribution in [0.15, 0.2) is 42.7 Å². The zero-order valence-corrected chi connectivity index (χ0v) is 16.3. The molecule has 0 aromatic carbocycles. The van der Waals surface area contributed by atoms with Crippen molar-refractivity contribution < 1.29 is 22.7 Å². The van der Waals surface area contributed by atoms with E-state index in [1.165, 1.54) is 6.07 Å². The van der Waals surface area contributed by atoms with E-state index in [1.807, 2.05) is 31.3 Å². The van der Waals surface area contributed by atoms with Gasteiger partial charge < -0.3 is 10.1 Å². The van der Waals surface area contributed by atoms with Crippen LogP contribution in [-0.4, -0.2) is 32.4 Å². The molecule has 1 saturated carbocycles. The molecule has 0 saturated heterocycles. The van der Waals surface area contributed by atoms with Gasteiger partial charge >= 0.3 is 6.18 Å². The normalized spacial score (nSPS) is 19.6. The second-order valence-corrected chi connectivity index (χ2v) is 7.42. The van der Waals surface area contributed by atoms with Crippen LogP contribution in [0.3, 0.4) is 0 Å². The molecule has 0 bridgehead atoms. The maximum absolute atomic E-state index is 12.8. The van der Waals surface area contributed by atoms with Gasteiger partial charge in [-0.25, -0.2) is 9.97 Å². The third-order valence-corrected chi connectivity index (χ3v) is 5.28. The fourth-order valence-electron chi connectivity index (χ4n) is 3.75. The van der Waals surface area contributed by atoms with E-state index < -0.39 is 11.7 Å². The number of hydrogen-bond acceptors (Lipinski definition) is 4. The summed E-state index contributed by atoms with van der Waals surface area (Å²) >= 11 is 0. The molecular formula is C21H21F3N4O2. The van der Waals surface area contributed by atoms with Gasteiger partial charge in [-0.05, 0) is 50.8 Å². The first-order chi connectivity index (χ1) is 14.3. The molecule has 1 aliphatic rings. The van der Waals surface area contributed by atoms with Crippen molar-refractivity contribution in [3.63, 3.8) is 0 Å². The zero-order chi connectivity index (χ0) is 21.3. The van der Waals surface area contributed by atoms with Crippen LogP contribution < -0.4 is 10.1 Å². The van der Waals surface area contributed by atoms with Crippen LogP contribution in [0.5, 0.6) is 5.88 Å². The fourth-order valence-corrected chi connectivity index (χ4v) is 3.75. The van der Waals surface area contributed by atoms with E-state index in [-0.39, 0.29) is 23.9 Å². The number of alkyl halides is 3. The minimum Gasteiger partial charge on any atom is -0.474 e. The molecular weight excluding hydrogens is 397 g/mol. The predicted octanol–water partition coefficient (Wildman–Crippen LogP) is 4.18. The second-order valence-electron chi connectivity index (χ2n) is 7.42. The maximum atomic E-state index is 12.8. The number of carbonyl (C=O) groups is 1. The molecule has 1 fully saturated rings. The number of rotatable bonds is 4. The summed E-state index contributed by atoms with van der Waals surface area (Å²) in [6.07, 6.45) is 0.825. The van der Waals surface area contributed by atoms with Gasteiger partial charge in [-0.15, -0.1) is 0 Å². The molecule has 6 nitrogen and oxygen atoms in total. The summed E-state index contributed by atoms with van der Waals surface area (Å²) in [7, 11) is 0. The summed E-state index contributed by atoms with van der Waals surface area (Å²) in [5.41, 5.74) is 1.12. The van der Waals surface area contributed by atoms with E-state index in [4.69, 9.17) is 4.74 Å². The Morgan fingerprint density at radius 2 is 1.93 bits per heavy atom. The monoisotopic (exact) mass is 418 g/mol. The molecule has 158 valence electrons. The van der Waals surface area contributed by atoms with Crippen molar-refractivity contribution in [2.75, 3.05) is 0 Å². The maximum Gasteiger partial charge on any atom is 0.417 e. The van der Waals surface area contributed by atoms with Crippen LogP contribution in [-0.2, 0) is 6.18 Å². The number of fused-ring (bicyclic) bond motifs is 1. The Morgan fingerprint density at radius 1 is 1.17 bits per heavy atom. The van der Waals surface area contributed by atoms with Crippen LogP contribution in [0.25, 0.3) is 5.65 Å². The molecule has 0 unspecified atom stereocenters. The van der Waals surface area contributed by atoms with Gasteiger partial charge in [0.1, 0.15) is 17.4 Å². The molecule has 3 aromatic rings. The molecule has 0 radical (unpaired) electrons. The molecule has 9 heteroatoms. The van der Waals surface area contributed by atoms with Crippen molar-refractivity contribution >= 4 is 11.6 Å². The van der Waals surface area contributed by atoms with Crippen LogP contribution >= 0.6 is 0 Å². The smallest absolute Gasteiger partial charge is 0.417 e. The minimum atomic E-state index is -4.42. The number of nitrogens with zero attached hydrogens (tertiary/aromatic N) is 3. The standard InChI is InChI=1S/C21H21F3N4O2/c1-13-19(28-11-3-2-4-17(28)26-13)20(29)27-15-6-8-16(9-7-15)30-18-10-5-14(12-25-18)21(22,23)24/h2-5,10-12,15-16H,6-9H2,1H3,(H,27,29). The molecule has 3 aromatic heterocycles. The third-order valence-electron chi connectivity index (χ3n) is 5.28. The summed E-state index contributed by atoms with van der Waals surface area (Å²) < 4.78 is 45.3. The molecule has 1 N–H and O–H groups in total. The highest BCUT2D eigenvalue weighted by Crippen LogP contribution is 2.30. The molecule has 1 amide bonds. The first-order valence-electron chi connectivity index (χ1n) is 9.76. The number of imidazole rings is 1. The first-order valence-corrected chi connectivity index (χ1v) is 9.76. The quantitative estimate of drug-likeness (QED) is 0.690. The summed E-state index contributed by atoms with van der Waals surface area (Å²) in [5.74, 6) is 0.0109. The molecule has 30 heavy (non-hydrogen) atoms. The number of amides is 1. The van der Waals surface area contributed by atoms with E-state index in [9.17, 15) is 18.0 Å². The van der Waals surface area contributed by atoms with E-state index in [2.05, 4.69) is 15.3 Å². The van der Waals surface area contributed by atoms with Gasteiger partial charge in [-0.3, -0.25) is 9.20 Å². The van der Waals surface area contributed by atoms with Crippen LogP contribution in [0, 0.1) is 6.92 Å². The van der Waals surface area contributed by atoms with Crippen molar-refractivity contribution in [3.8, 4) is 5.88 Å². The molecule has 0 atom stereocenters. The lowest BCUT2D eigenvalue weighted by Crippen LogP contribution is -2.40. The Balaban J connectivity index is 1.32. The highest BCUT2D eigenvalue weighted by atomic mass is 19.4. The van der Waals surface area contributed by atoms with Gasteiger partial charge in [0, 0.05) is 24.5 Å². The summed E-state index contributed by atoms with van der Waals surface area (Å²) in [6, 6.07) is 7.78. The molecule has 0 spiro atoms. The zero-order valence-electron chi connectivity index (χ0n) is 16.3. The van der Waals surface area contributed by atoms with Crippen LogP contribution in [0.2, 0.25) is 0 Å². The number of ether oxygens (including phenoxy) is 1. The number of pyridine rings is 2. The highest BCUT2D eigenvalue weighted by Gasteiger charge is 2.31. The van der Waals surface area contributed by atoms with Crippen LogP contribution in [0.1, 0.15) is 47.4 Å². The lowest BCUT2D eigenvalue weighted by atomic mass is 9.93. The topological polar surface area (TPSA) is 68.5 Å². The predicted molar refractivity (Wildman–Crippen MR) is 103 cm³/mol. The number of carbonyl (C=O) groups excluding carboxylic acids is 1. The number of hydrogen-bond donors (Lipinski definition) is 1. The van der Waals surface area contributed by atoms with Gasteiger partial charge in [-0.2, -0.15) is 13.2 Å². The average molecular weight is 418 g/mol. The van der Waals surface area contributed by atoms with Crippen molar-refractivity contribution in [2.45, 2.75) is 50.9 Å². The Hall–Kier alpha value is -3.10. The van der Waals surface area contributed by atoms with Crippen molar-refractivity contribution in [1.29, 1.82) is 0 Å². The SMILES string of the molecule is Cc1nc2ccccn2c1C(=O)NC1CCC(Oc2ccc(C(F)(F)F)cn2)CC1. The van der Waals surface area contributed by atoms with Crippen molar-refractivity contribution in [3.05, 3.63) is 59.7 Å². The number of aryl methyl sites for hydroxylation is 1. The van der Waals surface area contributed by atoms with Gasteiger partial charge in [0.15, 0.2) is 0 Å². The van der Waals surface area contributed by atoms with Crippen molar-refractivity contribution in [1.82, 2.24) is 19.7 Å². The number of halogens is 3. The number of nitrogens with one attached hydrogen (secondary N) is 1. The summed E-state index contributed by atoms with van der Waals surface area (Å²) in [5, 5.41) is 3.07. The minimum absolute atomic E-state index is 0.00609.